The second kappa shape index (κ2) is 61.7. The van der Waals surface area contributed by atoms with Crippen molar-refractivity contribution >= 4 is 59.4 Å². The van der Waals surface area contributed by atoms with Gasteiger partial charge >= 0.3 is 35.8 Å². The third-order valence-corrected chi connectivity index (χ3v) is 20.6. The average Bonchev–Trinajstić information content (AvgIpc) is 0.862. The van der Waals surface area contributed by atoms with E-state index < -0.39 is 316 Å². The molecule has 0 aromatic rings. The summed E-state index contributed by atoms with van der Waals surface area (Å²) in [5.74, 6) is -9.96. The number of hydrogen-bond donors (Lipinski definition) is 34. The Morgan fingerprint density at radius 3 is 0.523 bits per heavy atom. The van der Waals surface area contributed by atoms with Crippen molar-refractivity contribution in [2.24, 2.45) is 0 Å². The first-order chi connectivity index (χ1) is 61.7. The molecule has 0 spiro atoms. The zero-order chi connectivity index (χ0) is 106. The minimum absolute atomic E-state index is 0.131. The Kier molecular flexibility index (Phi) is 59.6. The van der Waals surface area contributed by atoms with Crippen LogP contribution >= 0.6 is 0 Å². The molecule has 6 aliphatic heterocycles. The summed E-state index contributed by atoms with van der Waals surface area (Å²) in [6, 6.07) is -5.86. The number of carboxylic acids is 6. The minimum Gasteiger partial charge on any atom is -0.479 e. The normalized spacial score (nSPS) is 34.5. The molecule has 780 valence electrons. The number of aliphatic hydroxyl groups excluding tert-OH is 22. The highest BCUT2D eigenvalue weighted by atomic mass is 16.6. The Morgan fingerprint density at radius 1 is 0.288 bits per heavy atom. The van der Waals surface area contributed by atoms with E-state index in [4.69, 9.17) is 82.2 Å². The molecule has 0 aromatic carbocycles. The van der Waals surface area contributed by atoms with Gasteiger partial charge in [-0.3, -0.25) is 19.2 Å². The second-order valence-corrected chi connectivity index (χ2v) is 33.8. The van der Waals surface area contributed by atoms with E-state index in [0.717, 1.165) is 0 Å². The molecule has 34 N–H and O–H groups in total. The van der Waals surface area contributed by atoms with Gasteiger partial charge in [-0.15, -0.1) is 0 Å². The van der Waals surface area contributed by atoms with Crippen molar-refractivity contribution in [2.75, 3.05) is 40.5 Å². The summed E-state index contributed by atoms with van der Waals surface area (Å²) < 4.78 is 46.1. The van der Waals surface area contributed by atoms with Crippen LogP contribution in [0.3, 0.4) is 0 Å². The average molecular weight is 1930 g/mol. The van der Waals surface area contributed by atoms with E-state index in [-0.39, 0.29) is 38.5 Å². The molecule has 6 aliphatic rings. The minimum atomic E-state index is -1.78. The highest BCUT2D eigenvalue weighted by Crippen LogP contribution is 2.38. The molecular weight excluding hydrogens is 1770 g/mol. The predicted octanol–water partition coefficient (Wildman–Crippen LogP) is -8.92. The molecule has 0 aliphatic carbocycles. The standard InChI is InChI=1S/4C12H21NO8.2C11H21NO6.4C3H8/c4*1-5(15)13-8-6(16)3-12(2,11(19)20)21-10(8)9(18)7(17)4-14;2*1-5(13)8(15)9-7(12-3)6(14)4-11(2,18-9)10(16)17;4*1-3-2/h4*6-10,14,16-18H,3-4H2,1-2H3,(H,13,15)(H,19,20);2*5-9,12-15H,4H2,1-3H3,(H,16,17);4*3H2,1-2H3/i;;;;2*1D;;;;. The molecule has 0 saturated carbocycles. The molecule has 6 heterocycles. The Bertz CT molecular complexity index is 3080. The SMILES string of the molecule is CC(=O)NC1C(O)CC(C)(C(=O)O)OC1C(O)C(O)CO.CC(=O)NC1C(O)CC(C)(C(=O)O)OC1C(O)C(O)CO.CC(=O)NC1C(O)CC(C)(C(=O)O)OC1C(O)C(O)CO.CC(=O)NC1C(O)CC(C)(C(=O)O)OC1C(O)C(O)CO.CCC.CCC.CCC.CCC.[2H]CC(O)C(O)C1OC(C)(C(=O)O)CC(O)C1NC.[2H]CC(O)C(O)C1OC(C)(C(=O)O)CC(O)C1NC. The van der Waals surface area contributed by atoms with E-state index in [1.165, 1.54) is 109 Å². The molecule has 50 nitrogen and oxygen atoms in total. The number of likely N-dealkylation sites (N-methyl/N-ethyl adjacent to an activating group) is 2. The van der Waals surface area contributed by atoms with Crippen molar-refractivity contribution in [1.82, 2.24) is 31.9 Å². The molecule has 6 fully saturated rings. The number of carbonyl (C=O) groups excluding carboxylic acids is 4. The summed E-state index contributed by atoms with van der Waals surface area (Å²) in [4.78, 5) is 112. The second-order valence-electron chi connectivity index (χ2n) is 33.8. The predicted molar refractivity (Wildman–Crippen MR) is 461 cm³/mol. The summed E-state index contributed by atoms with van der Waals surface area (Å²) in [6.07, 6.45) is -30.3. The van der Waals surface area contributed by atoms with Gasteiger partial charge in [-0.2, -0.15) is 0 Å². The van der Waals surface area contributed by atoms with Gasteiger partial charge in [0.25, 0.3) is 0 Å². The first-order valence-corrected chi connectivity index (χ1v) is 42.8. The van der Waals surface area contributed by atoms with Crippen LogP contribution in [0.15, 0.2) is 0 Å². The van der Waals surface area contributed by atoms with Crippen LogP contribution in [0.4, 0.5) is 0 Å². The molecular formula is C82H158N6O44. The Morgan fingerprint density at radius 2 is 0.417 bits per heavy atom. The van der Waals surface area contributed by atoms with Gasteiger partial charge in [-0.1, -0.05) is 81.1 Å². The van der Waals surface area contributed by atoms with Crippen molar-refractivity contribution in [3.05, 3.63) is 0 Å². The van der Waals surface area contributed by atoms with Crippen molar-refractivity contribution in [3.8, 4) is 0 Å². The maximum Gasteiger partial charge on any atom is 0.335 e. The van der Waals surface area contributed by atoms with Crippen LogP contribution in [0, 0.1) is 0 Å². The highest BCUT2D eigenvalue weighted by molar-refractivity contribution is 5.81. The molecule has 36 atom stereocenters. The summed E-state index contributed by atoms with van der Waals surface area (Å²) in [5, 5.41) is 282. The zero-order valence-electron chi connectivity index (χ0n) is 80.7. The lowest BCUT2D eigenvalue weighted by molar-refractivity contribution is -0.224. The molecule has 0 radical (unpaired) electrons. The van der Waals surface area contributed by atoms with Gasteiger partial charge in [-0.25, -0.2) is 28.8 Å². The zero-order valence-corrected chi connectivity index (χ0v) is 78.7. The fraction of sp³-hybridized carbons (Fsp3) is 0.878. The maximum atomic E-state index is 11.2. The number of aliphatic hydroxyl groups is 22. The van der Waals surface area contributed by atoms with Crippen molar-refractivity contribution in [1.29, 1.82) is 0 Å². The smallest absolute Gasteiger partial charge is 0.335 e. The van der Waals surface area contributed by atoms with Crippen LogP contribution in [0.5, 0.6) is 0 Å². The van der Waals surface area contributed by atoms with E-state index in [2.05, 4.69) is 87.3 Å². The van der Waals surface area contributed by atoms with Gasteiger partial charge in [0, 0.05) is 69.0 Å². The summed E-state index contributed by atoms with van der Waals surface area (Å²) in [6.45, 7) is 25.2. The number of amides is 4. The molecule has 0 aromatic heterocycles. The van der Waals surface area contributed by atoms with Gasteiger partial charge in [0.1, 0.15) is 97.7 Å². The third kappa shape index (κ3) is 40.7. The lowest BCUT2D eigenvalue weighted by Gasteiger charge is -2.45. The van der Waals surface area contributed by atoms with Crippen LogP contribution in [-0.2, 0) is 76.4 Å². The van der Waals surface area contributed by atoms with Crippen molar-refractivity contribution in [3.63, 3.8) is 0 Å². The fourth-order valence-electron chi connectivity index (χ4n) is 13.6. The van der Waals surface area contributed by atoms with Gasteiger partial charge in [-0.05, 0) is 69.4 Å². The lowest BCUT2D eigenvalue weighted by atomic mass is 9.84. The topological polar surface area (TPSA) is 865 Å². The van der Waals surface area contributed by atoms with Crippen LogP contribution in [0.2, 0.25) is 0 Å². The largest absolute Gasteiger partial charge is 0.479 e. The fourth-order valence-corrected chi connectivity index (χ4v) is 13.6. The van der Waals surface area contributed by atoms with Crippen LogP contribution in [0.25, 0.3) is 0 Å². The maximum absolute atomic E-state index is 11.2. The van der Waals surface area contributed by atoms with Crippen LogP contribution < -0.4 is 31.9 Å². The van der Waals surface area contributed by atoms with Gasteiger partial charge in [0.2, 0.25) is 23.6 Å². The van der Waals surface area contributed by atoms with Gasteiger partial charge in [0.15, 0.2) is 33.6 Å². The van der Waals surface area contributed by atoms with Crippen molar-refractivity contribution < 1.29 is 222 Å². The Labute approximate surface area is 770 Å². The summed E-state index contributed by atoms with van der Waals surface area (Å²) in [7, 11) is 3.07. The Balaban J connectivity index is -0.000000738. The molecule has 4 amide bonds. The first-order valence-electron chi connectivity index (χ1n) is 44.3. The number of nitrogens with one attached hydrogen (secondary N) is 6. The quantitative estimate of drug-likeness (QED) is 0.0346. The number of carboxylic acid groups (broad SMARTS) is 6. The highest BCUT2D eigenvalue weighted by Gasteiger charge is 2.58. The number of rotatable bonds is 28. The molecule has 36 unspecified atom stereocenters. The lowest BCUT2D eigenvalue weighted by Crippen LogP contribution is -2.66. The number of carbonyl (C=O) groups is 10. The van der Waals surface area contributed by atoms with Gasteiger partial charge < -0.3 is 203 Å². The van der Waals surface area contributed by atoms with E-state index in [1.807, 2.05) is 0 Å². The van der Waals surface area contributed by atoms with E-state index >= 15 is 0 Å². The molecule has 0 bridgehead atoms. The number of aliphatic carboxylic acids is 6. The van der Waals surface area contributed by atoms with E-state index in [0.29, 0.717) is 0 Å². The summed E-state index contributed by atoms with van der Waals surface area (Å²) in [5.41, 5.74) is -10.4. The molecule has 50 heteroatoms. The van der Waals surface area contributed by atoms with Crippen LogP contribution in [0.1, 0.15) is 205 Å². The van der Waals surface area contributed by atoms with E-state index in [9.17, 15) is 140 Å². The molecule has 6 rings (SSSR count). The van der Waals surface area contributed by atoms with Gasteiger partial charge in [0.05, 0.1) is 112 Å². The number of ether oxygens (including phenoxy) is 6. The van der Waals surface area contributed by atoms with E-state index in [1.54, 1.807) is 0 Å². The monoisotopic (exact) mass is 1930 g/mol. The molecule has 132 heavy (non-hydrogen) atoms. The van der Waals surface area contributed by atoms with Crippen LogP contribution in [-0.4, -0.2) is 459 Å². The third-order valence-electron chi connectivity index (χ3n) is 20.6. The first kappa shape index (κ1) is 128. The summed E-state index contributed by atoms with van der Waals surface area (Å²) >= 11 is 0. The Hall–Kier alpha value is -6.50. The number of hydrogen-bond acceptors (Lipinski definition) is 40. The van der Waals surface area contributed by atoms with Crippen molar-refractivity contribution in [2.45, 2.75) is 419 Å². The molecule has 6 saturated heterocycles.